The van der Waals surface area contributed by atoms with E-state index in [4.69, 9.17) is 0 Å². The minimum Gasteiger partial charge on any atom is -0.298 e. The summed E-state index contributed by atoms with van der Waals surface area (Å²) in [5.41, 5.74) is 0.923. The van der Waals surface area contributed by atoms with Crippen LogP contribution in [-0.2, 0) is 4.79 Å². The fraction of sp³-hybridized carbons (Fsp3) is 0.800. The van der Waals surface area contributed by atoms with Crippen molar-refractivity contribution in [2.75, 3.05) is 13.1 Å². The van der Waals surface area contributed by atoms with E-state index in [-0.39, 0.29) is 5.54 Å². The lowest BCUT2D eigenvalue weighted by Crippen LogP contribution is -2.52. The average molecular weight is 237 g/mol. The first-order valence-corrected chi connectivity index (χ1v) is 6.99. The van der Waals surface area contributed by atoms with Crippen molar-refractivity contribution in [3.63, 3.8) is 0 Å². The molecule has 1 aliphatic rings. The highest BCUT2D eigenvalue weighted by atomic mass is 16.1. The predicted molar refractivity (Wildman–Crippen MR) is 73.2 cm³/mol. The van der Waals surface area contributed by atoms with Crippen LogP contribution in [0.2, 0.25) is 0 Å². The van der Waals surface area contributed by atoms with E-state index in [9.17, 15) is 4.79 Å². The second kappa shape index (κ2) is 6.34. The number of hydrogen-bond acceptors (Lipinski definition) is 2. The summed E-state index contributed by atoms with van der Waals surface area (Å²) in [6.45, 7) is 12.4. The zero-order chi connectivity index (χ0) is 12.9. The third-order valence-corrected chi connectivity index (χ3v) is 4.18. The van der Waals surface area contributed by atoms with Crippen molar-refractivity contribution in [2.45, 2.75) is 64.8 Å². The number of likely N-dealkylation sites (tertiary alicyclic amines) is 1. The number of carbonyl (C=O) groups is 1. The van der Waals surface area contributed by atoms with Crippen LogP contribution >= 0.6 is 0 Å². The van der Waals surface area contributed by atoms with Crippen molar-refractivity contribution < 1.29 is 4.79 Å². The summed E-state index contributed by atoms with van der Waals surface area (Å²) < 4.78 is 0. The van der Waals surface area contributed by atoms with Crippen molar-refractivity contribution in [3.8, 4) is 0 Å². The maximum Gasteiger partial charge on any atom is 0.153 e. The SMILES string of the molecule is C=C(C)CCC(=O)C(CC)(CC)N1CCCC1. The molecule has 0 saturated carbocycles. The molecule has 1 aliphatic heterocycles. The van der Waals surface area contributed by atoms with Gasteiger partial charge in [0.05, 0.1) is 5.54 Å². The highest BCUT2D eigenvalue weighted by Gasteiger charge is 2.40. The molecular formula is C15H27NO. The largest absolute Gasteiger partial charge is 0.298 e. The lowest BCUT2D eigenvalue weighted by atomic mass is 9.83. The molecule has 0 aromatic heterocycles. The molecule has 2 heteroatoms. The summed E-state index contributed by atoms with van der Waals surface area (Å²) >= 11 is 0. The molecule has 0 aromatic rings. The number of hydrogen-bond donors (Lipinski definition) is 0. The smallest absolute Gasteiger partial charge is 0.153 e. The third kappa shape index (κ3) is 3.19. The van der Waals surface area contributed by atoms with E-state index in [1.807, 2.05) is 6.92 Å². The summed E-state index contributed by atoms with van der Waals surface area (Å²) in [6, 6.07) is 0. The second-order valence-corrected chi connectivity index (χ2v) is 5.31. The number of Topliss-reactive ketones (excluding diaryl/α,β-unsaturated/α-hetero) is 1. The number of carbonyl (C=O) groups excluding carboxylic acids is 1. The lowest BCUT2D eigenvalue weighted by Gasteiger charge is -2.39. The van der Waals surface area contributed by atoms with Crippen molar-refractivity contribution in [3.05, 3.63) is 12.2 Å². The summed E-state index contributed by atoms with van der Waals surface area (Å²) in [6.07, 6.45) is 5.88. The van der Waals surface area contributed by atoms with Crippen LogP contribution in [0.25, 0.3) is 0 Å². The van der Waals surface area contributed by atoms with Gasteiger partial charge in [0.25, 0.3) is 0 Å². The Morgan fingerprint density at radius 2 is 1.71 bits per heavy atom. The summed E-state index contributed by atoms with van der Waals surface area (Å²) in [5.74, 6) is 0.424. The summed E-state index contributed by atoms with van der Waals surface area (Å²) in [7, 11) is 0. The molecular weight excluding hydrogens is 210 g/mol. The average Bonchev–Trinajstić information content (AvgIpc) is 2.83. The number of allylic oxidation sites excluding steroid dienone is 1. The molecule has 0 atom stereocenters. The Morgan fingerprint density at radius 3 is 2.12 bits per heavy atom. The Balaban J connectivity index is 2.74. The monoisotopic (exact) mass is 237 g/mol. The number of ketones is 1. The molecule has 0 aromatic carbocycles. The highest BCUT2D eigenvalue weighted by molar-refractivity contribution is 5.88. The number of rotatable bonds is 7. The van der Waals surface area contributed by atoms with Gasteiger partial charge in [-0.05, 0) is 52.1 Å². The van der Waals surface area contributed by atoms with Gasteiger partial charge in [0, 0.05) is 6.42 Å². The van der Waals surface area contributed by atoms with E-state index in [1.165, 1.54) is 12.8 Å². The van der Waals surface area contributed by atoms with Crippen LogP contribution in [0.4, 0.5) is 0 Å². The van der Waals surface area contributed by atoms with Crippen LogP contribution in [0.1, 0.15) is 59.3 Å². The van der Waals surface area contributed by atoms with Crippen LogP contribution in [0.3, 0.4) is 0 Å². The molecule has 17 heavy (non-hydrogen) atoms. The molecule has 1 saturated heterocycles. The van der Waals surface area contributed by atoms with E-state index in [2.05, 4.69) is 25.3 Å². The Morgan fingerprint density at radius 1 is 1.18 bits per heavy atom. The van der Waals surface area contributed by atoms with Gasteiger partial charge in [-0.15, -0.1) is 6.58 Å². The van der Waals surface area contributed by atoms with E-state index >= 15 is 0 Å². The van der Waals surface area contributed by atoms with Gasteiger partial charge in [0.15, 0.2) is 5.78 Å². The Hall–Kier alpha value is -0.630. The minimum absolute atomic E-state index is 0.189. The van der Waals surface area contributed by atoms with Crippen molar-refractivity contribution >= 4 is 5.78 Å². The quantitative estimate of drug-likeness (QED) is 0.631. The zero-order valence-corrected chi connectivity index (χ0v) is 11.7. The van der Waals surface area contributed by atoms with Crippen molar-refractivity contribution in [1.29, 1.82) is 0 Å². The lowest BCUT2D eigenvalue weighted by molar-refractivity contribution is -0.131. The normalized spacial score (nSPS) is 17.4. The fourth-order valence-corrected chi connectivity index (χ4v) is 2.97. The van der Waals surface area contributed by atoms with Gasteiger partial charge < -0.3 is 0 Å². The van der Waals surface area contributed by atoms with Gasteiger partial charge >= 0.3 is 0 Å². The summed E-state index contributed by atoms with van der Waals surface area (Å²) in [4.78, 5) is 15.0. The van der Waals surface area contributed by atoms with E-state index in [1.54, 1.807) is 0 Å². The maximum absolute atomic E-state index is 12.5. The molecule has 0 amide bonds. The molecule has 0 aliphatic carbocycles. The first-order chi connectivity index (χ1) is 8.06. The highest BCUT2D eigenvalue weighted by Crippen LogP contribution is 2.30. The van der Waals surface area contributed by atoms with E-state index in [0.717, 1.165) is 37.9 Å². The molecule has 1 fully saturated rings. The van der Waals surface area contributed by atoms with Gasteiger partial charge in [-0.2, -0.15) is 0 Å². The van der Waals surface area contributed by atoms with Gasteiger partial charge in [-0.3, -0.25) is 9.69 Å². The molecule has 0 radical (unpaired) electrons. The van der Waals surface area contributed by atoms with Crippen LogP contribution in [0.5, 0.6) is 0 Å². The van der Waals surface area contributed by atoms with E-state index < -0.39 is 0 Å². The molecule has 1 heterocycles. The third-order valence-electron chi connectivity index (χ3n) is 4.18. The van der Waals surface area contributed by atoms with Crippen LogP contribution < -0.4 is 0 Å². The topological polar surface area (TPSA) is 20.3 Å². The van der Waals surface area contributed by atoms with Gasteiger partial charge in [-0.1, -0.05) is 19.4 Å². The van der Waals surface area contributed by atoms with Gasteiger partial charge in [0.1, 0.15) is 0 Å². The summed E-state index contributed by atoms with van der Waals surface area (Å²) in [5, 5.41) is 0. The zero-order valence-electron chi connectivity index (χ0n) is 11.7. The molecule has 0 bridgehead atoms. The Kier molecular flexibility index (Phi) is 5.38. The predicted octanol–water partition coefficient (Wildman–Crippen LogP) is 3.57. The van der Waals surface area contributed by atoms with Crippen molar-refractivity contribution in [1.82, 2.24) is 4.90 Å². The first-order valence-electron chi connectivity index (χ1n) is 6.99. The fourth-order valence-electron chi connectivity index (χ4n) is 2.97. The molecule has 0 spiro atoms. The molecule has 0 unspecified atom stereocenters. The molecule has 98 valence electrons. The molecule has 1 rings (SSSR count). The second-order valence-electron chi connectivity index (χ2n) is 5.31. The van der Waals surface area contributed by atoms with Gasteiger partial charge in [0.2, 0.25) is 0 Å². The Labute approximate surface area is 106 Å². The first kappa shape index (κ1) is 14.4. The van der Waals surface area contributed by atoms with Crippen LogP contribution in [0, 0.1) is 0 Å². The Bertz CT molecular complexity index is 273. The molecule has 0 N–H and O–H groups in total. The maximum atomic E-state index is 12.5. The molecule has 2 nitrogen and oxygen atoms in total. The van der Waals surface area contributed by atoms with Crippen LogP contribution in [0.15, 0.2) is 12.2 Å². The number of nitrogens with zero attached hydrogens (tertiary/aromatic N) is 1. The minimum atomic E-state index is -0.189. The van der Waals surface area contributed by atoms with E-state index in [0.29, 0.717) is 12.2 Å². The van der Waals surface area contributed by atoms with Crippen LogP contribution in [-0.4, -0.2) is 29.3 Å². The van der Waals surface area contributed by atoms with Gasteiger partial charge in [-0.25, -0.2) is 0 Å². The standard InChI is InChI=1S/C15H27NO/c1-5-15(6-2,16-11-7-8-12-16)14(17)10-9-13(3)4/h3,5-12H2,1-2,4H3. The van der Waals surface area contributed by atoms with Crippen molar-refractivity contribution in [2.24, 2.45) is 0 Å².